The van der Waals surface area contributed by atoms with Crippen molar-refractivity contribution >= 4 is 28.3 Å². The van der Waals surface area contributed by atoms with Gasteiger partial charge in [0.2, 0.25) is 5.91 Å². The Morgan fingerprint density at radius 3 is 2.67 bits per heavy atom. The third-order valence-electron chi connectivity index (χ3n) is 4.51. The number of thiazole rings is 1. The van der Waals surface area contributed by atoms with Gasteiger partial charge in [0.05, 0.1) is 11.6 Å². The number of carbonyl (C=O) groups excluding carboxylic acids is 2. The van der Waals surface area contributed by atoms with Crippen molar-refractivity contribution in [1.82, 2.24) is 15.3 Å². The number of pyridine rings is 1. The maximum Gasteiger partial charge on any atom is 0.257 e. The second-order valence-corrected chi connectivity index (χ2v) is 7.40. The van der Waals surface area contributed by atoms with E-state index in [1.165, 1.54) is 11.3 Å². The van der Waals surface area contributed by atoms with Gasteiger partial charge in [0.1, 0.15) is 0 Å². The third kappa shape index (κ3) is 3.88. The fraction of sp³-hybridized carbons (Fsp3) is 0.200. The van der Waals surface area contributed by atoms with Crippen LogP contribution in [-0.2, 0) is 17.8 Å². The summed E-state index contributed by atoms with van der Waals surface area (Å²) >= 11 is 1.45. The van der Waals surface area contributed by atoms with Crippen LogP contribution in [0.1, 0.15) is 38.8 Å². The number of fused-ring (bicyclic) bond motifs is 1. The van der Waals surface area contributed by atoms with Crippen molar-refractivity contribution in [2.45, 2.75) is 25.3 Å². The Morgan fingerprint density at radius 1 is 1.11 bits per heavy atom. The van der Waals surface area contributed by atoms with Crippen molar-refractivity contribution in [2.75, 3.05) is 5.32 Å². The number of rotatable bonds is 5. The van der Waals surface area contributed by atoms with E-state index < -0.39 is 0 Å². The van der Waals surface area contributed by atoms with Crippen LogP contribution in [0.5, 0.6) is 0 Å². The smallest absolute Gasteiger partial charge is 0.257 e. The predicted octanol–water partition coefficient (Wildman–Crippen LogP) is 3.14. The highest BCUT2D eigenvalue weighted by Gasteiger charge is 2.32. The van der Waals surface area contributed by atoms with E-state index in [1.54, 1.807) is 24.5 Å². The number of hydrogen-bond acceptors (Lipinski definition) is 5. The monoisotopic (exact) mass is 378 g/mol. The van der Waals surface area contributed by atoms with Crippen LogP contribution in [-0.4, -0.2) is 21.8 Å². The van der Waals surface area contributed by atoms with E-state index in [0.29, 0.717) is 17.2 Å². The van der Waals surface area contributed by atoms with Gasteiger partial charge in [0.15, 0.2) is 5.13 Å². The number of benzene rings is 1. The lowest BCUT2D eigenvalue weighted by Crippen LogP contribution is -2.28. The Bertz CT molecular complexity index is 957. The number of aryl methyl sites for hydroxylation is 1. The quantitative estimate of drug-likeness (QED) is 0.714. The van der Waals surface area contributed by atoms with Gasteiger partial charge in [-0.25, -0.2) is 4.98 Å². The molecule has 0 saturated carbocycles. The first kappa shape index (κ1) is 17.4. The highest BCUT2D eigenvalue weighted by Crippen LogP contribution is 2.38. The van der Waals surface area contributed by atoms with Gasteiger partial charge in [-0.2, -0.15) is 0 Å². The molecule has 6 nitrogen and oxygen atoms in total. The minimum absolute atomic E-state index is 0.0307. The molecular weight excluding hydrogens is 360 g/mol. The molecule has 0 radical (unpaired) electrons. The third-order valence-corrected chi connectivity index (χ3v) is 5.55. The van der Waals surface area contributed by atoms with Crippen LogP contribution in [0.25, 0.3) is 0 Å². The SMILES string of the molecule is O=C(Nc1nc2c(s1)CCC2C(=O)NCc1ccncc1)c1ccccc1. The Labute approximate surface area is 160 Å². The molecule has 2 amide bonds. The average molecular weight is 378 g/mol. The highest BCUT2D eigenvalue weighted by molar-refractivity contribution is 7.16. The molecule has 1 aliphatic carbocycles. The Kier molecular flexibility index (Phi) is 4.93. The summed E-state index contributed by atoms with van der Waals surface area (Å²) in [7, 11) is 0. The van der Waals surface area contributed by atoms with Gasteiger partial charge in [-0.15, -0.1) is 11.3 Å². The Hall–Kier alpha value is -3.06. The molecule has 3 aromatic rings. The first-order chi connectivity index (χ1) is 13.2. The first-order valence-corrected chi connectivity index (χ1v) is 9.55. The predicted molar refractivity (Wildman–Crippen MR) is 104 cm³/mol. The molecule has 0 spiro atoms. The zero-order valence-electron chi connectivity index (χ0n) is 14.5. The number of nitrogens with zero attached hydrogens (tertiary/aromatic N) is 2. The van der Waals surface area contributed by atoms with Gasteiger partial charge >= 0.3 is 0 Å². The number of anilines is 1. The van der Waals surface area contributed by atoms with Crippen molar-refractivity contribution in [3.63, 3.8) is 0 Å². The van der Waals surface area contributed by atoms with Crippen molar-refractivity contribution in [2.24, 2.45) is 0 Å². The average Bonchev–Trinajstić information content (AvgIpc) is 3.27. The van der Waals surface area contributed by atoms with E-state index >= 15 is 0 Å². The van der Waals surface area contributed by atoms with Gasteiger partial charge < -0.3 is 5.32 Å². The van der Waals surface area contributed by atoms with Crippen molar-refractivity contribution in [3.8, 4) is 0 Å². The fourth-order valence-electron chi connectivity index (χ4n) is 3.11. The minimum Gasteiger partial charge on any atom is -0.351 e. The lowest BCUT2D eigenvalue weighted by Gasteiger charge is -2.10. The summed E-state index contributed by atoms with van der Waals surface area (Å²) < 4.78 is 0. The molecule has 0 aliphatic heterocycles. The van der Waals surface area contributed by atoms with E-state index in [9.17, 15) is 9.59 Å². The fourth-order valence-corrected chi connectivity index (χ4v) is 4.14. The lowest BCUT2D eigenvalue weighted by molar-refractivity contribution is -0.122. The molecule has 1 unspecified atom stereocenters. The molecule has 1 aromatic carbocycles. The van der Waals surface area contributed by atoms with Crippen LogP contribution in [0.15, 0.2) is 54.9 Å². The molecule has 2 heterocycles. The molecule has 2 aromatic heterocycles. The van der Waals surface area contributed by atoms with E-state index in [2.05, 4.69) is 20.6 Å². The molecule has 27 heavy (non-hydrogen) atoms. The van der Waals surface area contributed by atoms with Gasteiger partial charge in [0.25, 0.3) is 5.91 Å². The number of hydrogen-bond donors (Lipinski definition) is 2. The molecular formula is C20H18N4O2S. The number of amides is 2. The molecule has 0 fully saturated rings. The summed E-state index contributed by atoms with van der Waals surface area (Å²) in [6.07, 6.45) is 4.97. The minimum atomic E-state index is -0.263. The summed E-state index contributed by atoms with van der Waals surface area (Å²) in [5.74, 6) is -0.487. The van der Waals surface area contributed by atoms with E-state index in [1.807, 2.05) is 30.3 Å². The number of carbonyl (C=O) groups is 2. The number of nitrogens with one attached hydrogen (secondary N) is 2. The van der Waals surface area contributed by atoms with Crippen LogP contribution >= 0.6 is 11.3 Å². The maximum absolute atomic E-state index is 12.6. The molecule has 0 saturated heterocycles. The topological polar surface area (TPSA) is 84.0 Å². The van der Waals surface area contributed by atoms with Crippen LogP contribution < -0.4 is 10.6 Å². The molecule has 2 N–H and O–H groups in total. The summed E-state index contributed by atoms with van der Waals surface area (Å²) in [5, 5.41) is 6.35. The first-order valence-electron chi connectivity index (χ1n) is 8.73. The molecule has 136 valence electrons. The van der Waals surface area contributed by atoms with E-state index in [-0.39, 0.29) is 17.7 Å². The summed E-state index contributed by atoms with van der Waals surface area (Å²) in [4.78, 5) is 34.4. The summed E-state index contributed by atoms with van der Waals surface area (Å²) in [5.41, 5.74) is 2.38. The lowest BCUT2D eigenvalue weighted by atomic mass is 10.1. The second kappa shape index (κ2) is 7.67. The maximum atomic E-state index is 12.6. The zero-order chi connectivity index (χ0) is 18.6. The number of aromatic nitrogens is 2. The molecule has 7 heteroatoms. The molecule has 4 rings (SSSR count). The van der Waals surface area contributed by atoms with Gasteiger partial charge in [-0.3, -0.25) is 19.9 Å². The molecule has 1 aliphatic rings. The summed E-state index contributed by atoms with van der Waals surface area (Å²) in [6.45, 7) is 0.467. The van der Waals surface area contributed by atoms with Crippen molar-refractivity contribution < 1.29 is 9.59 Å². The Balaban J connectivity index is 1.41. The van der Waals surface area contributed by atoms with Gasteiger partial charge in [-0.05, 0) is 42.7 Å². The van der Waals surface area contributed by atoms with Crippen molar-refractivity contribution in [1.29, 1.82) is 0 Å². The summed E-state index contributed by atoms with van der Waals surface area (Å²) in [6, 6.07) is 12.8. The van der Waals surface area contributed by atoms with E-state index in [0.717, 1.165) is 29.0 Å². The normalized spacial score (nSPS) is 15.2. The zero-order valence-corrected chi connectivity index (χ0v) is 15.3. The second-order valence-electron chi connectivity index (χ2n) is 6.31. The van der Waals surface area contributed by atoms with Gasteiger partial charge in [0, 0.05) is 29.4 Å². The Morgan fingerprint density at radius 2 is 1.89 bits per heavy atom. The highest BCUT2D eigenvalue weighted by atomic mass is 32.1. The van der Waals surface area contributed by atoms with Gasteiger partial charge in [-0.1, -0.05) is 18.2 Å². The van der Waals surface area contributed by atoms with Crippen LogP contribution in [0.4, 0.5) is 5.13 Å². The van der Waals surface area contributed by atoms with Crippen LogP contribution in [0.3, 0.4) is 0 Å². The van der Waals surface area contributed by atoms with Crippen molar-refractivity contribution in [3.05, 3.63) is 76.6 Å². The largest absolute Gasteiger partial charge is 0.351 e. The van der Waals surface area contributed by atoms with E-state index in [4.69, 9.17) is 0 Å². The molecule has 0 bridgehead atoms. The van der Waals surface area contributed by atoms with Crippen LogP contribution in [0.2, 0.25) is 0 Å². The molecule has 1 atom stereocenters. The van der Waals surface area contributed by atoms with Crippen LogP contribution in [0, 0.1) is 0 Å². The standard InChI is InChI=1S/C20H18N4O2S/c25-18(14-4-2-1-3-5-14)24-20-23-17-15(6-7-16(17)27-20)19(26)22-12-13-8-10-21-11-9-13/h1-5,8-11,15H,6-7,12H2,(H,22,26)(H,23,24,25).